The number of ketones is 1. The molecule has 1 aromatic heterocycles. The number of carbonyl (C=O) groups is 2. The van der Waals surface area contributed by atoms with Gasteiger partial charge in [0.05, 0.1) is 25.9 Å². The van der Waals surface area contributed by atoms with Gasteiger partial charge in [-0.2, -0.15) is 0 Å². The van der Waals surface area contributed by atoms with E-state index in [4.69, 9.17) is 18.9 Å². The summed E-state index contributed by atoms with van der Waals surface area (Å²) in [5.74, 6) is 0.114. The van der Waals surface area contributed by atoms with Crippen molar-refractivity contribution in [1.29, 1.82) is 0 Å². The molecule has 0 radical (unpaired) electrons. The van der Waals surface area contributed by atoms with Gasteiger partial charge in [0.25, 0.3) is 0 Å². The number of ether oxygens (including phenoxy) is 4. The minimum absolute atomic E-state index is 0.186. The minimum Gasteiger partial charge on any atom is -0.493 e. The summed E-state index contributed by atoms with van der Waals surface area (Å²) in [6, 6.07) is 6.56. The lowest BCUT2D eigenvalue weighted by Gasteiger charge is -2.14. The number of esters is 1. The Bertz CT molecular complexity index is 895. The van der Waals surface area contributed by atoms with Gasteiger partial charge in [-0.1, -0.05) is 0 Å². The zero-order chi connectivity index (χ0) is 21.0. The van der Waals surface area contributed by atoms with Crippen molar-refractivity contribution in [2.45, 2.75) is 39.3 Å². The predicted molar refractivity (Wildman–Crippen MR) is 107 cm³/mol. The van der Waals surface area contributed by atoms with E-state index in [2.05, 4.69) is 4.57 Å². The summed E-state index contributed by atoms with van der Waals surface area (Å²) in [5.41, 5.74) is 2.72. The van der Waals surface area contributed by atoms with Crippen molar-refractivity contribution in [1.82, 2.24) is 4.57 Å². The average molecular weight is 401 g/mol. The lowest BCUT2D eigenvalue weighted by molar-refractivity contribution is 0.0474. The number of hydrogen-bond donors (Lipinski definition) is 0. The van der Waals surface area contributed by atoms with Gasteiger partial charge in [-0.3, -0.25) is 4.79 Å². The SMILES string of the molecule is COc1ccc(C(=O)OCC(=O)c2cc(C)n(C[C@H]3CCCO3)c2C)cc1OC. The van der Waals surface area contributed by atoms with Gasteiger partial charge in [-0.05, 0) is 51.0 Å². The zero-order valence-electron chi connectivity index (χ0n) is 17.3. The molecule has 29 heavy (non-hydrogen) atoms. The van der Waals surface area contributed by atoms with Gasteiger partial charge in [0.2, 0.25) is 5.78 Å². The molecule has 156 valence electrons. The van der Waals surface area contributed by atoms with E-state index in [9.17, 15) is 9.59 Å². The summed E-state index contributed by atoms with van der Waals surface area (Å²) >= 11 is 0. The number of nitrogens with zero attached hydrogens (tertiary/aromatic N) is 1. The van der Waals surface area contributed by atoms with Crippen LogP contribution in [-0.4, -0.2) is 49.9 Å². The van der Waals surface area contributed by atoms with Crippen LogP contribution in [0.15, 0.2) is 24.3 Å². The number of Topliss-reactive ketones (excluding diaryl/α,β-unsaturated/α-hetero) is 1. The molecule has 0 spiro atoms. The Balaban J connectivity index is 1.65. The molecule has 1 fully saturated rings. The molecular formula is C22H27NO6. The van der Waals surface area contributed by atoms with Crippen LogP contribution in [0.1, 0.15) is 44.9 Å². The van der Waals surface area contributed by atoms with E-state index in [1.54, 1.807) is 12.1 Å². The Kier molecular flexibility index (Phi) is 6.59. The second kappa shape index (κ2) is 9.13. The van der Waals surface area contributed by atoms with Crippen LogP contribution in [-0.2, 0) is 16.0 Å². The number of aryl methyl sites for hydroxylation is 1. The minimum atomic E-state index is -0.590. The summed E-state index contributed by atoms with van der Waals surface area (Å²) in [4.78, 5) is 25.0. The van der Waals surface area contributed by atoms with E-state index < -0.39 is 5.97 Å². The van der Waals surface area contributed by atoms with E-state index in [1.165, 1.54) is 20.3 Å². The number of benzene rings is 1. The molecule has 0 unspecified atom stereocenters. The molecule has 3 rings (SSSR count). The third-order valence-electron chi connectivity index (χ3n) is 5.24. The second-order valence-electron chi connectivity index (χ2n) is 7.10. The van der Waals surface area contributed by atoms with Crippen LogP contribution in [0.3, 0.4) is 0 Å². The van der Waals surface area contributed by atoms with E-state index >= 15 is 0 Å². The highest BCUT2D eigenvalue weighted by Gasteiger charge is 2.22. The van der Waals surface area contributed by atoms with Crippen molar-refractivity contribution in [2.24, 2.45) is 0 Å². The van der Waals surface area contributed by atoms with E-state index in [-0.39, 0.29) is 18.5 Å². The van der Waals surface area contributed by atoms with Crippen molar-refractivity contribution in [2.75, 3.05) is 27.4 Å². The van der Waals surface area contributed by atoms with Crippen LogP contribution in [0.5, 0.6) is 11.5 Å². The highest BCUT2D eigenvalue weighted by atomic mass is 16.5. The van der Waals surface area contributed by atoms with Crippen molar-refractivity contribution in [3.8, 4) is 11.5 Å². The molecule has 7 heteroatoms. The highest BCUT2D eigenvalue weighted by Crippen LogP contribution is 2.28. The summed E-state index contributed by atoms with van der Waals surface area (Å²) in [7, 11) is 3.01. The van der Waals surface area contributed by atoms with Gasteiger partial charge < -0.3 is 23.5 Å². The first-order valence-corrected chi connectivity index (χ1v) is 9.65. The molecular weight excluding hydrogens is 374 g/mol. The van der Waals surface area contributed by atoms with Gasteiger partial charge in [-0.15, -0.1) is 0 Å². The van der Waals surface area contributed by atoms with Gasteiger partial charge in [-0.25, -0.2) is 4.79 Å². The van der Waals surface area contributed by atoms with Gasteiger partial charge in [0.1, 0.15) is 0 Å². The Morgan fingerprint density at radius 2 is 1.90 bits per heavy atom. The quantitative estimate of drug-likeness (QED) is 0.499. The maximum atomic E-state index is 12.7. The molecule has 1 atom stereocenters. The summed E-state index contributed by atoms with van der Waals surface area (Å²) in [6.07, 6.45) is 2.29. The molecule has 1 aliphatic heterocycles. The fraction of sp³-hybridized carbons (Fsp3) is 0.455. The number of rotatable bonds is 8. The highest BCUT2D eigenvalue weighted by molar-refractivity contribution is 6.00. The van der Waals surface area contributed by atoms with Gasteiger partial charge in [0, 0.05) is 30.1 Å². The summed E-state index contributed by atoms with van der Waals surface area (Å²) < 4.78 is 23.4. The van der Waals surface area contributed by atoms with Crippen LogP contribution < -0.4 is 9.47 Å². The molecule has 1 saturated heterocycles. The van der Waals surface area contributed by atoms with Crippen molar-refractivity contribution in [3.05, 3.63) is 46.8 Å². The third kappa shape index (κ3) is 4.62. The number of methoxy groups -OCH3 is 2. The molecule has 1 aromatic carbocycles. The Morgan fingerprint density at radius 1 is 1.14 bits per heavy atom. The van der Waals surface area contributed by atoms with Crippen LogP contribution >= 0.6 is 0 Å². The molecule has 0 bridgehead atoms. The smallest absolute Gasteiger partial charge is 0.338 e. The van der Waals surface area contributed by atoms with Crippen LogP contribution in [0.25, 0.3) is 0 Å². The lowest BCUT2D eigenvalue weighted by Crippen LogP contribution is -2.18. The fourth-order valence-corrected chi connectivity index (χ4v) is 3.61. The average Bonchev–Trinajstić information content (AvgIpc) is 3.35. The molecule has 0 saturated carbocycles. The maximum absolute atomic E-state index is 12.7. The van der Waals surface area contributed by atoms with Gasteiger partial charge in [0.15, 0.2) is 18.1 Å². The van der Waals surface area contributed by atoms with Gasteiger partial charge >= 0.3 is 5.97 Å². The molecule has 2 heterocycles. The second-order valence-corrected chi connectivity index (χ2v) is 7.10. The summed E-state index contributed by atoms with van der Waals surface area (Å²) in [5, 5.41) is 0. The first-order valence-electron chi connectivity index (χ1n) is 9.65. The van der Waals surface area contributed by atoms with Crippen molar-refractivity contribution >= 4 is 11.8 Å². The number of aromatic nitrogens is 1. The fourth-order valence-electron chi connectivity index (χ4n) is 3.61. The van der Waals surface area contributed by atoms with E-state index in [1.807, 2.05) is 19.9 Å². The molecule has 0 amide bonds. The standard InChI is InChI=1S/C22H27NO6/c1-14-10-18(15(2)23(14)12-17-6-5-9-28-17)19(24)13-29-22(25)16-7-8-20(26-3)21(11-16)27-4/h7-8,10-11,17H,5-6,9,12-13H2,1-4H3/t17-/m1/s1. The van der Waals surface area contributed by atoms with Crippen molar-refractivity contribution in [3.63, 3.8) is 0 Å². The predicted octanol–water partition coefficient (Wildman–Crippen LogP) is 3.34. The van der Waals surface area contributed by atoms with Crippen molar-refractivity contribution < 1.29 is 28.5 Å². The Hall–Kier alpha value is -2.80. The Morgan fingerprint density at radius 3 is 2.55 bits per heavy atom. The monoisotopic (exact) mass is 401 g/mol. The van der Waals surface area contributed by atoms with E-state index in [0.29, 0.717) is 22.6 Å². The lowest BCUT2D eigenvalue weighted by atomic mass is 10.1. The van der Waals surface area contributed by atoms with Crippen LogP contribution in [0.4, 0.5) is 0 Å². The molecule has 7 nitrogen and oxygen atoms in total. The molecule has 0 N–H and O–H groups in total. The largest absolute Gasteiger partial charge is 0.493 e. The molecule has 1 aliphatic rings. The normalized spacial score (nSPS) is 15.9. The van der Waals surface area contributed by atoms with Crippen LogP contribution in [0, 0.1) is 13.8 Å². The maximum Gasteiger partial charge on any atom is 0.338 e. The topological polar surface area (TPSA) is 76.0 Å². The zero-order valence-corrected chi connectivity index (χ0v) is 17.3. The first-order chi connectivity index (χ1) is 13.9. The van der Waals surface area contributed by atoms with Crippen LogP contribution in [0.2, 0.25) is 0 Å². The summed E-state index contributed by atoms with van der Waals surface area (Å²) in [6.45, 7) is 5.08. The van der Waals surface area contributed by atoms with E-state index in [0.717, 1.165) is 37.4 Å². The third-order valence-corrected chi connectivity index (χ3v) is 5.24. The number of carbonyl (C=O) groups excluding carboxylic acids is 2. The molecule has 2 aromatic rings. The first kappa shape index (κ1) is 20.9. The number of hydrogen-bond acceptors (Lipinski definition) is 6. The Labute approximate surface area is 170 Å². The molecule has 0 aliphatic carbocycles.